The van der Waals surface area contributed by atoms with Crippen molar-refractivity contribution in [3.8, 4) is 0 Å². The molecule has 0 aliphatic heterocycles. The first-order chi connectivity index (χ1) is 44.2. The first kappa shape index (κ1) is 87.0. The fraction of sp³-hybridized carbons (Fsp3) is 0.685. The minimum atomic E-state index is -4.93. The fourth-order valence-corrected chi connectivity index (χ4v) is 10.5. The van der Waals surface area contributed by atoms with Crippen LogP contribution in [0.25, 0.3) is 0 Å². The van der Waals surface area contributed by atoms with Crippen LogP contribution < -0.4 is 0 Å². The zero-order valence-electron chi connectivity index (χ0n) is 56.5. The number of hydrogen-bond acceptors (Lipinski definition) is 14. The zero-order chi connectivity index (χ0) is 66.7. The van der Waals surface area contributed by atoms with Gasteiger partial charge < -0.3 is 34.2 Å². The van der Waals surface area contributed by atoms with Gasteiger partial charge in [-0.15, -0.1) is 0 Å². The highest BCUT2D eigenvalue weighted by Gasteiger charge is 2.29. The van der Waals surface area contributed by atoms with Gasteiger partial charge in [-0.3, -0.25) is 32.5 Å². The molecule has 18 heteroatoms. The lowest BCUT2D eigenvalue weighted by atomic mass is 10.1. The number of phosphoric acid groups is 2. The largest absolute Gasteiger partial charge is 0.472 e. The smallest absolute Gasteiger partial charge is 0.463 e. The Balaban J connectivity index is 4.59. The van der Waals surface area contributed by atoms with Crippen molar-refractivity contribution in [2.75, 3.05) is 39.6 Å². The van der Waals surface area contributed by atoms with Crippen LogP contribution >= 0.6 is 15.6 Å². The summed E-state index contributed by atoms with van der Waals surface area (Å²) in [6.07, 6.45) is 75.4. The molecular formula is C73H124O16P2. The molecule has 0 aromatic rings. The van der Waals surface area contributed by atoms with E-state index in [1.165, 1.54) is 38.5 Å². The van der Waals surface area contributed by atoms with Gasteiger partial charge >= 0.3 is 33.6 Å². The second kappa shape index (κ2) is 66.0. The average molecular weight is 1320 g/mol. The molecule has 0 saturated heterocycles. The molecule has 91 heavy (non-hydrogen) atoms. The fourth-order valence-electron chi connectivity index (χ4n) is 8.92. The molecule has 4 N–H and O–H groups in total. The highest BCUT2D eigenvalue weighted by atomic mass is 31.2. The molecule has 0 radical (unpaired) electrons. The van der Waals surface area contributed by atoms with Crippen molar-refractivity contribution in [3.05, 3.63) is 122 Å². The maximum absolute atomic E-state index is 12.9. The maximum atomic E-state index is 12.9. The van der Waals surface area contributed by atoms with Gasteiger partial charge in [0.15, 0.2) is 6.10 Å². The van der Waals surface area contributed by atoms with Crippen molar-refractivity contribution in [1.29, 1.82) is 0 Å². The van der Waals surface area contributed by atoms with Crippen molar-refractivity contribution >= 4 is 33.6 Å². The molecule has 0 bridgehead atoms. The average Bonchev–Trinajstić information content (AvgIpc) is 3.58. The van der Waals surface area contributed by atoms with Crippen molar-refractivity contribution in [1.82, 2.24) is 0 Å². The second-order valence-corrected chi connectivity index (χ2v) is 25.8. The van der Waals surface area contributed by atoms with Gasteiger partial charge in [-0.05, 0) is 109 Å². The number of ether oxygens (including phenoxy) is 3. The van der Waals surface area contributed by atoms with Crippen LogP contribution in [0.1, 0.15) is 265 Å². The number of unbranched alkanes of at least 4 members (excludes halogenated alkanes) is 22. The SMILES string of the molecule is CC/C=C\C/C=C\C/C=C\C/C=C\C/C=C\CCCCCCCCCC(=O)OCC(O)COP(=O)(O)OCC(O)COP(=O)(O)OCC(COC(=O)CCCCCCC/C=C\C/C=C\C/C=C\C/C=C\C/C=C\CC)OC(=O)CCCCCCCCCCCCC. The monoisotopic (exact) mass is 1320 g/mol. The third-order valence-corrected chi connectivity index (χ3v) is 16.1. The van der Waals surface area contributed by atoms with E-state index in [2.05, 4.69) is 142 Å². The van der Waals surface area contributed by atoms with E-state index >= 15 is 0 Å². The molecule has 0 aliphatic rings. The van der Waals surface area contributed by atoms with Gasteiger partial charge in [-0.25, -0.2) is 9.13 Å². The number of aliphatic hydroxyl groups excluding tert-OH is 2. The molecule has 0 spiro atoms. The summed E-state index contributed by atoms with van der Waals surface area (Å²) in [7, 11) is -9.78. The number of allylic oxidation sites excluding steroid dienone is 20. The van der Waals surface area contributed by atoms with E-state index in [1.54, 1.807) is 0 Å². The molecule has 0 aromatic heterocycles. The summed E-state index contributed by atoms with van der Waals surface area (Å²) < 4.78 is 60.8. The first-order valence-corrected chi connectivity index (χ1v) is 37.8. The van der Waals surface area contributed by atoms with Crippen molar-refractivity contribution in [3.63, 3.8) is 0 Å². The Morgan fingerprint density at radius 2 is 0.582 bits per heavy atom. The lowest BCUT2D eigenvalue weighted by molar-refractivity contribution is -0.161. The Labute approximate surface area is 551 Å². The molecule has 522 valence electrons. The van der Waals surface area contributed by atoms with Gasteiger partial charge in [0.1, 0.15) is 25.4 Å². The Kier molecular flexibility index (Phi) is 63.1. The second-order valence-electron chi connectivity index (χ2n) is 22.9. The number of esters is 3. The quantitative estimate of drug-likeness (QED) is 0.0146. The molecule has 5 unspecified atom stereocenters. The Morgan fingerprint density at radius 1 is 0.319 bits per heavy atom. The summed E-state index contributed by atoms with van der Waals surface area (Å²) in [6, 6.07) is 0. The molecular weight excluding hydrogens is 1190 g/mol. The molecule has 0 aromatic carbocycles. The number of phosphoric ester groups is 2. The Bertz CT molecular complexity index is 2140. The van der Waals surface area contributed by atoms with E-state index in [4.69, 9.17) is 32.3 Å². The number of rotatable bonds is 65. The van der Waals surface area contributed by atoms with Crippen LogP contribution in [0.4, 0.5) is 0 Å². The minimum absolute atomic E-state index is 0.0996. The van der Waals surface area contributed by atoms with E-state index in [9.17, 15) is 43.5 Å². The van der Waals surface area contributed by atoms with Crippen LogP contribution in [0, 0.1) is 0 Å². The van der Waals surface area contributed by atoms with Crippen LogP contribution in [0.15, 0.2) is 122 Å². The van der Waals surface area contributed by atoms with Gasteiger partial charge in [0.05, 0.1) is 26.4 Å². The van der Waals surface area contributed by atoms with Gasteiger partial charge in [0, 0.05) is 19.3 Å². The van der Waals surface area contributed by atoms with Gasteiger partial charge in [0.25, 0.3) is 0 Å². The topological polar surface area (TPSA) is 231 Å². The molecule has 0 fully saturated rings. The normalized spacial score (nSPS) is 14.9. The molecule has 0 amide bonds. The summed E-state index contributed by atoms with van der Waals surface area (Å²) in [5.41, 5.74) is 0. The van der Waals surface area contributed by atoms with Crippen LogP contribution in [-0.4, -0.2) is 95.9 Å². The highest BCUT2D eigenvalue weighted by molar-refractivity contribution is 7.47. The molecule has 5 atom stereocenters. The summed E-state index contributed by atoms with van der Waals surface area (Å²) in [5.74, 6) is -1.61. The van der Waals surface area contributed by atoms with E-state index in [0.717, 1.165) is 167 Å². The Morgan fingerprint density at radius 3 is 0.923 bits per heavy atom. The standard InChI is InChI=1S/C73H124O16P2/c1-4-7-10-13-16-19-22-24-26-28-30-32-33-35-37-38-40-42-45-47-50-53-56-59-71(76)83-62-68(74)63-85-90(79,80)86-64-69(75)65-87-91(81,82)88-67-70(89-73(78)61-58-55-52-49-44-21-18-15-12-9-6-3)66-84-72(77)60-57-54-51-48-46-43-41-39-36-34-31-29-27-25-23-20-17-14-11-8-5-2/h7-8,10-11,16-17,19-20,24-27,30-32,34-35,37,39,41,68-70,74-75H,4-6,9,12-15,18,21-23,28-29,33,36,38,40,42-67H2,1-3H3,(H,79,80)(H,81,82)/b10-7-,11-8-,19-16-,20-17-,26-24-,27-25-,32-30-,34-31-,37-35-,41-39-. The predicted molar refractivity (Wildman–Crippen MR) is 371 cm³/mol. The van der Waals surface area contributed by atoms with E-state index < -0.39 is 91.5 Å². The molecule has 16 nitrogen and oxygen atoms in total. The van der Waals surface area contributed by atoms with Gasteiger partial charge in [-0.1, -0.05) is 258 Å². The summed E-state index contributed by atoms with van der Waals surface area (Å²) in [6.45, 7) is 2.39. The predicted octanol–water partition coefficient (Wildman–Crippen LogP) is 19.4. The lowest BCUT2D eigenvalue weighted by Crippen LogP contribution is -2.30. The summed E-state index contributed by atoms with van der Waals surface area (Å²) in [5, 5.41) is 20.5. The number of carbonyl (C=O) groups excluding carboxylic acids is 3. The third kappa shape index (κ3) is 67.2. The van der Waals surface area contributed by atoms with Crippen LogP contribution in [0.5, 0.6) is 0 Å². The van der Waals surface area contributed by atoms with Crippen molar-refractivity contribution in [2.45, 2.75) is 283 Å². The molecule has 0 rings (SSSR count). The third-order valence-electron chi connectivity index (χ3n) is 14.2. The van der Waals surface area contributed by atoms with Crippen LogP contribution in [0.3, 0.4) is 0 Å². The number of hydrogen-bond donors (Lipinski definition) is 4. The number of carbonyl (C=O) groups is 3. The number of aliphatic hydroxyl groups is 2. The molecule has 0 heterocycles. The van der Waals surface area contributed by atoms with E-state index in [-0.39, 0.29) is 19.3 Å². The minimum Gasteiger partial charge on any atom is -0.463 e. The summed E-state index contributed by atoms with van der Waals surface area (Å²) in [4.78, 5) is 58.3. The lowest BCUT2D eigenvalue weighted by Gasteiger charge is -2.21. The zero-order valence-corrected chi connectivity index (χ0v) is 58.3. The van der Waals surface area contributed by atoms with Crippen LogP contribution in [0.2, 0.25) is 0 Å². The maximum Gasteiger partial charge on any atom is 0.472 e. The first-order valence-electron chi connectivity index (χ1n) is 34.8. The molecule has 0 aliphatic carbocycles. The molecule has 0 saturated carbocycles. The van der Waals surface area contributed by atoms with Gasteiger partial charge in [0.2, 0.25) is 0 Å². The van der Waals surface area contributed by atoms with E-state index in [0.29, 0.717) is 19.3 Å². The summed E-state index contributed by atoms with van der Waals surface area (Å²) >= 11 is 0. The van der Waals surface area contributed by atoms with E-state index in [1.807, 2.05) is 0 Å². The van der Waals surface area contributed by atoms with Gasteiger partial charge in [-0.2, -0.15) is 0 Å². The van der Waals surface area contributed by atoms with Crippen molar-refractivity contribution in [2.24, 2.45) is 0 Å². The Hall–Kier alpha value is -4.05. The van der Waals surface area contributed by atoms with Crippen molar-refractivity contribution < 1.29 is 75.8 Å². The van der Waals surface area contributed by atoms with Crippen LogP contribution in [-0.2, 0) is 55.8 Å². The highest BCUT2D eigenvalue weighted by Crippen LogP contribution is 2.45.